The quantitative estimate of drug-likeness (QED) is 0.488. The zero-order valence-electron chi connectivity index (χ0n) is 22.1. The number of nitrogens with one attached hydrogen (secondary N) is 1. The van der Waals surface area contributed by atoms with Gasteiger partial charge in [-0.2, -0.15) is 4.31 Å². The number of hydrogen-bond acceptors (Lipinski definition) is 6. The average molecular weight is 544 g/mol. The normalized spacial score (nSPS) is 16.4. The Labute approximate surface area is 225 Å². The fourth-order valence-electron chi connectivity index (χ4n) is 5.19. The summed E-state index contributed by atoms with van der Waals surface area (Å²) in [5, 5.41) is 2.83. The fourth-order valence-corrected chi connectivity index (χ4v) is 6.85. The van der Waals surface area contributed by atoms with Crippen LogP contribution in [0.5, 0.6) is 11.5 Å². The van der Waals surface area contributed by atoms with Crippen molar-refractivity contribution in [2.45, 2.75) is 62.3 Å². The van der Waals surface area contributed by atoms with Crippen LogP contribution < -0.4 is 14.8 Å². The summed E-state index contributed by atoms with van der Waals surface area (Å²) in [4.78, 5) is 27.4. The third-order valence-corrected chi connectivity index (χ3v) is 9.19. The van der Waals surface area contributed by atoms with Crippen LogP contribution in [0.15, 0.2) is 47.4 Å². The lowest BCUT2D eigenvalue weighted by Gasteiger charge is -2.33. The van der Waals surface area contributed by atoms with Gasteiger partial charge in [-0.25, -0.2) is 8.42 Å². The molecule has 2 amide bonds. The molecule has 4 rings (SSSR count). The van der Waals surface area contributed by atoms with Crippen molar-refractivity contribution in [3.63, 3.8) is 0 Å². The number of methoxy groups -OCH3 is 2. The van der Waals surface area contributed by atoms with Crippen molar-refractivity contribution in [1.29, 1.82) is 0 Å². The lowest BCUT2D eigenvalue weighted by atomic mass is 9.95. The fraction of sp³-hybridized carbons (Fsp3) is 0.500. The van der Waals surface area contributed by atoms with Gasteiger partial charge in [0.25, 0.3) is 0 Å². The van der Waals surface area contributed by atoms with Gasteiger partial charge in [0.15, 0.2) is 11.5 Å². The first-order valence-electron chi connectivity index (χ1n) is 13.2. The standard InChI is InChI=1S/C28H37N3O6S/c1-36-25-15-14-24(19-26(25)37-2)38(34,35)31(23-8-4-3-5-9-23)20-27(32)29-22-12-10-21(11-13-22)18-28(33)30-16-6-7-17-30/h10-15,19,23H,3-9,16-18,20H2,1-2H3,(H,29,32). The molecule has 1 aliphatic carbocycles. The average Bonchev–Trinajstić information content (AvgIpc) is 3.48. The van der Waals surface area contributed by atoms with E-state index in [1.165, 1.54) is 30.7 Å². The van der Waals surface area contributed by atoms with Crippen molar-refractivity contribution >= 4 is 27.5 Å². The molecule has 2 fully saturated rings. The van der Waals surface area contributed by atoms with Crippen LogP contribution in [0.3, 0.4) is 0 Å². The van der Waals surface area contributed by atoms with Gasteiger partial charge < -0.3 is 19.7 Å². The molecule has 1 saturated carbocycles. The molecule has 0 atom stereocenters. The van der Waals surface area contributed by atoms with Crippen LogP contribution in [0.25, 0.3) is 0 Å². The highest BCUT2D eigenvalue weighted by Crippen LogP contribution is 2.33. The van der Waals surface area contributed by atoms with E-state index in [9.17, 15) is 18.0 Å². The first-order valence-corrected chi connectivity index (χ1v) is 14.7. The minimum absolute atomic E-state index is 0.0561. The second-order valence-electron chi connectivity index (χ2n) is 9.87. The number of hydrogen-bond donors (Lipinski definition) is 1. The van der Waals surface area contributed by atoms with E-state index in [0.717, 1.165) is 50.8 Å². The first-order chi connectivity index (χ1) is 18.3. The van der Waals surface area contributed by atoms with Crippen LogP contribution in [-0.4, -0.2) is 69.3 Å². The molecule has 0 aromatic heterocycles. The molecule has 0 spiro atoms. The van der Waals surface area contributed by atoms with Crippen LogP contribution in [-0.2, 0) is 26.0 Å². The number of benzene rings is 2. The molecule has 9 nitrogen and oxygen atoms in total. The van der Waals surface area contributed by atoms with Crippen LogP contribution >= 0.6 is 0 Å². The van der Waals surface area contributed by atoms with Gasteiger partial charge in [0, 0.05) is 30.9 Å². The van der Waals surface area contributed by atoms with Crippen molar-refractivity contribution < 1.29 is 27.5 Å². The van der Waals surface area contributed by atoms with Crippen molar-refractivity contribution in [2.24, 2.45) is 0 Å². The molecule has 0 unspecified atom stereocenters. The van der Waals surface area contributed by atoms with E-state index in [1.807, 2.05) is 17.0 Å². The zero-order valence-corrected chi connectivity index (χ0v) is 23.0. The maximum Gasteiger partial charge on any atom is 0.243 e. The smallest absolute Gasteiger partial charge is 0.243 e. The van der Waals surface area contributed by atoms with E-state index in [1.54, 1.807) is 18.2 Å². The lowest BCUT2D eigenvalue weighted by molar-refractivity contribution is -0.129. The van der Waals surface area contributed by atoms with E-state index in [0.29, 0.717) is 36.4 Å². The highest BCUT2D eigenvalue weighted by atomic mass is 32.2. The topological polar surface area (TPSA) is 105 Å². The highest BCUT2D eigenvalue weighted by molar-refractivity contribution is 7.89. The Balaban J connectivity index is 1.47. The number of nitrogens with zero attached hydrogens (tertiary/aromatic N) is 2. The van der Waals surface area contributed by atoms with Crippen LogP contribution in [0.2, 0.25) is 0 Å². The summed E-state index contributed by atoms with van der Waals surface area (Å²) in [6.07, 6.45) is 6.74. The molecule has 0 bridgehead atoms. The van der Waals surface area contributed by atoms with Gasteiger partial charge in [0.2, 0.25) is 21.8 Å². The molecule has 38 heavy (non-hydrogen) atoms. The minimum Gasteiger partial charge on any atom is -0.493 e. The summed E-state index contributed by atoms with van der Waals surface area (Å²) in [6, 6.07) is 11.4. The maximum absolute atomic E-state index is 13.8. The Morgan fingerprint density at radius 1 is 0.921 bits per heavy atom. The number of ether oxygens (including phenoxy) is 2. The highest BCUT2D eigenvalue weighted by Gasteiger charge is 2.34. The molecule has 2 aromatic rings. The minimum atomic E-state index is -3.98. The summed E-state index contributed by atoms with van der Waals surface area (Å²) < 4.78 is 39.4. The van der Waals surface area contributed by atoms with Crippen LogP contribution in [0.4, 0.5) is 5.69 Å². The lowest BCUT2D eigenvalue weighted by Crippen LogP contribution is -2.45. The number of likely N-dealkylation sites (tertiary alicyclic amines) is 1. The summed E-state index contributed by atoms with van der Waals surface area (Å²) in [7, 11) is -1.04. The molecule has 206 valence electrons. The predicted molar refractivity (Wildman–Crippen MR) is 145 cm³/mol. The summed E-state index contributed by atoms with van der Waals surface area (Å²) in [6.45, 7) is 1.34. The molecule has 2 aromatic carbocycles. The second-order valence-corrected chi connectivity index (χ2v) is 11.8. The second kappa shape index (κ2) is 12.6. The van der Waals surface area contributed by atoms with Gasteiger partial charge in [0.1, 0.15) is 0 Å². The number of sulfonamides is 1. The molecule has 10 heteroatoms. The molecule has 0 radical (unpaired) electrons. The van der Waals surface area contributed by atoms with Crippen molar-refractivity contribution in [3.8, 4) is 11.5 Å². The number of rotatable bonds is 10. The van der Waals surface area contributed by atoms with E-state index >= 15 is 0 Å². The zero-order chi connectivity index (χ0) is 27.1. The molecular formula is C28H37N3O6S. The van der Waals surface area contributed by atoms with Crippen LogP contribution in [0.1, 0.15) is 50.5 Å². The van der Waals surface area contributed by atoms with Gasteiger partial charge in [-0.3, -0.25) is 9.59 Å². The predicted octanol–water partition coefficient (Wildman–Crippen LogP) is 3.83. The van der Waals surface area contributed by atoms with Crippen LogP contribution in [0, 0.1) is 0 Å². The number of amides is 2. The Hall–Kier alpha value is -3.11. The summed E-state index contributed by atoms with van der Waals surface area (Å²) in [5.74, 6) is 0.437. The Kier molecular flexibility index (Phi) is 9.27. The molecule has 1 aliphatic heterocycles. The maximum atomic E-state index is 13.8. The van der Waals surface area contributed by atoms with E-state index in [-0.39, 0.29) is 23.4 Å². The van der Waals surface area contributed by atoms with Crippen molar-refractivity contribution in [2.75, 3.05) is 39.2 Å². The first kappa shape index (κ1) is 27.9. The van der Waals surface area contributed by atoms with Gasteiger partial charge in [-0.15, -0.1) is 0 Å². The van der Waals surface area contributed by atoms with Crippen molar-refractivity contribution in [1.82, 2.24) is 9.21 Å². The Morgan fingerprint density at radius 3 is 2.21 bits per heavy atom. The van der Waals surface area contributed by atoms with E-state index < -0.39 is 15.9 Å². The van der Waals surface area contributed by atoms with Gasteiger partial charge >= 0.3 is 0 Å². The Bertz CT molecular complexity index is 1220. The monoisotopic (exact) mass is 543 g/mol. The molecular weight excluding hydrogens is 506 g/mol. The molecule has 1 heterocycles. The Morgan fingerprint density at radius 2 is 1.58 bits per heavy atom. The summed E-state index contributed by atoms with van der Waals surface area (Å²) in [5.41, 5.74) is 1.43. The van der Waals surface area contributed by atoms with Gasteiger partial charge in [-0.05, 0) is 55.5 Å². The SMILES string of the molecule is COc1ccc(S(=O)(=O)N(CC(=O)Nc2ccc(CC(=O)N3CCCC3)cc2)C2CCCCC2)cc1OC. The van der Waals surface area contributed by atoms with Gasteiger partial charge in [-0.1, -0.05) is 31.4 Å². The van der Waals surface area contributed by atoms with Crippen molar-refractivity contribution in [3.05, 3.63) is 48.0 Å². The number of anilines is 1. The van der Waals surface area contributed by atoms with E-state index in [4.69, 9.17) is 9.47 Å². The molecule has 1 saturated heterocycles. The van der Waals surface area contributed by atoms with Gasteiger partial charge in [0.05, 0.1) is 32.1 Å². The largest absolute Gasteiger partial charge is 0.493 e. The molecule has 1 N–H and O–H groups in total. The number of carbonyl (C=O) groups excluding carboxylic acids is 2. The number of carbonyl (C=O) groups is 2. The third kappa shape index (κ3) is 6.66. The third-order valence-electron chi connectivity index (χ3n) is 7.29. The summed E-state index contributed by atoms with van der Waals surface area (Å²) >= 11 is 0. The van der Waals surface area contributed by atoms with E-state index in [2.05, 4.69) is 5.32 Å². The molecule has 2 aliphatic rings.